The molecule has 56 valence electrons. The van der Waals surface area contributed by atoms with E-state index in [1.807, 2.05) is 12.3 Å². The molecule has 1 aromatic heterocycles. The third-order valence-corrected chi connectivity index (χ3v) is 2.01. The molecule has 0 aromatic carbocycles. The van der Waals surface area contributed by atoms with Gasteiger partial charge in [0.2, 0.25) is 0 Å². The number of aromatic nitrogens is 1. The Bertz CT molecular complexity index is 211. The molecule has 4 heteroatoms. The Morgan fingerprint density at radius 3 is 3.00 bits per heavy atom. The number of aliphatic hydroxyl groups is 1. The molecule has 0 spiro atoms. The molecule has 0 saturated heterocycles. The van der Waals surface area contributed by atoms with E-state index in [1.165, 1.54) is 0 Å². The van der Waals surface area contributed by atoms with E-state index in [2.05, 4.69) is 4.98 Å². The van der Waals surface area contributed by atoms with Crippen molar-refractivity contribution in [3.63, 3.8) is 0 Å². The molecule has 0 aliphatic rings. The van der Waals surface area contributed by atoms with Gasteiger partial charge in [-0.15, -0.1) is 11.3 Å². The molecule has 0 radical (unpaired) electrons. The van der Waals surface area contributed by atoms with Crippen LogP contribution in [0.25, 0.3) is 0 Å². The molecule has 1 rings (SSSR count). The summed E-state index contributed by atoms with van der Waals surface area (Å²) in [7, 11) is 0. The highest BCUT2D eigenvalue weighted by Gasteiger charge is 2.06. The largest absolute Gasteiger partial charge is 0.394 e. The lowest BCUT2D eigenvalue weighted by Gasteiger charge is -2.01. The van der Waals surface area contributed by atoms with Crippen molar-refractivity contribution in [1.29, 1.82) is 0 Å². The van der Waals surface area contributed by atoms with Crippen molar-refractivity contribution < 1.29 is 5.11 Å². The van der Waals surface area contributed by atoms with Crippen LogP contribution in [0.5, 0.6) is 0 Å². The number of nitrogens with two attached hydrogens (primary N) is 1. The molecule has 3 nitrogen and oxygen atoms in total. The Kier molecular flexibility index (Phi) is 2.37. The van der Waals surface area contributed by atoms with Crippen LogP contribution < -0.4 is 5.73 Å². The summed E-state index contributed by atoms with van der Waals surface area (Å²) < 4.78 is 0. The topological polar surface area (TPSA) is 59.1 Å². The summed E-state index contributed by atoms with van der Waals surface area (Å²) in [6.45, 7) is 1.88. The zero-order chi connectivity index (χ0) is 7.56. The van der Waals surface area contributed by atoms with Crippen LogP contribution in [-0.4, -0.2) is 16.7 Å². The van der Waals surface area contributed by atoms with Gasteiger partial charge in [0.15, 0.2) is 0 Å². The van der Waals surface area contributed by atoms with E-state index in [-0.39, 0.29) is 12.6 Å². The van der Waals surface area contributed by atoms with Gasteiger partial charge in [-0.3, -0.25) is 0 Å². The summed E-state index contributed by atoms with van der Waals surface area (Å²) in [5.41, 5.74) is 6.28. The second-order valence-corrected chi connectivity index (χ2v) is 3.14. The molecule has 0 aliphatic heterocycles. The van der Waals surface area contributed by atoms with Crippen molar-refractivity contribution >= 4 is 11.3 Å². The number of thiazole rings is 1. The molecule has 0 fully saturated rings. The van der Waals surface area contributed by atoms with Crippen molar-refractivity contribution in [3.05, 3.63) is 16.1 Å². The summed E-state index contributed by atoms with van der Waals surface area (Å²) in [4.78, 5) is 4.11. The second-order valence-electron chi connectivity index (χ2n) is 2.08. The highest BCUT2D eigenvalue weighted by molar-refractivity contribution is 7.09. The zero-order valence-electron chi connectivity index (χ0n) is 5.74. The lowest BCUT2D eigenvalue weighted by Crippen LogP contribution is -2.14. The average molecular weight is 158 g/mol. The maximum Gasteiger partial charge on any atom is 0.0898 e. The van der Waals surface area contributed by atoms with Crippen LogP contribution in [0.2, 0.25) is 0 Å². The average Bonchev–Trinajstić information content (AvgIpc) is 2.34. The summed E-state index contributed by atoms with van der Waals surface area (Å²) in [5, 5.41) is 11.5. The van der Waals surface area contributed by atoms with Gasteiger partial charge in [0.25, 0.3) is 0 Å². The van der Waals surface area contributed by atoms with Crippen molar-refractivity contribution in [3.8, 4) is 0 Å². The minimum absolute atomic E-state index is 0.0385. The molecule has 3 N–H and O–H groups in total. The van der Waals surface area contributed by atoms with Gasteiger partial charge in [-0.2, -0.15) is 0 Å². The predicted molar refractivity (Wildman–Crippen MR) is 40.9 cm³/mol. The first kappa shape index (κ1) is 7.65. The van der Waals surface area contributed by atoms with Crippen molar-refractivity contribution in [2.24, 2.45) is 5.73 Å². The number of aliphatic hydroxyl groups excluding tert-OH is 1. The van der Waals surface area contributed by atoms with Crippen LogP contribution in [0.15, 0.2) is 5.38 Å². The zero-order valence-corrected chi connectivity index (χ0v) is 6.56. The highest BCUT2D eigenvalue weighted by atomic mass is 32.1. The normalized spacial score (nSPS) is 13.5. The Balaban J connectivity index is 2.74. The number of aryl methyl sites for hydroxylation is 1. The van der Waals surface area contributed by atoms with Gasteiger partial charge in [0.1, 0.15) is 0 Å². The molecule has 1 atom stereocenters. The predicted octanol–water partition coefficient (Wildman–Crippen LogP) is 0.444. The van der Waals surface area contributed by atoms with Crippen LogP contribution >= 0.6 is 11.3 Å². The van der Waals surface area contributed by atoms with Gasteiger partial charge >= 0.3 is 0 Å². The van der Waals surface area contributed by atoms with E-state index in [0.29, 0.717) is 0 Å². The smallest absolute Gasteiger partial charge is 0.0898 e. The summed E-state index contributed by atoms with van der Waals surface area (Å²) >= 11 is 1.55. The molecule has 0 aliphatic carbocycles. The maximum absolute atomic E-state index is 8.64. The number of nitrogens with zero attached hydrogens (tertiary/aromatic N) is 1. The van der Waals surface area contributed by atoms with Crippen molar-refractivity contribution in [2.45, 2.75) is 13.0 Å². The number of rotatable bonds is 2. The quantitative estimate of drug-likeness (QED) is 0.656. The van der Waals surface area contributed by atoms with Crippen LogP contribution in [0, 0.1) is 6.92 Å². The Morgan fingerprint density at radius 2 is 2.60 bits per heavy atom. The van der Waals surface area contributed by atoms with Gasteiger partial charge in [-0.1, -0.05) is 0 Å². The Labute approximate surface area is 63.5 Å². The Hall–Kier alpha value is -0.450. The fourth-order valence-corrected chi connectivity index (χ4v) is 1.32. The summed E-state index contributed by atoms with van der Waals surface area (Å²) in [6, 6.07) is -0.315. The molecule has 0 amide bonds. The van der Waals surface area contributed by atoms with Gasteiger partial charge in [0.05, 0.1) is 23.4 Å². The number of hydrogen-bond acceptors (Lipinski definition) is 4. The monoisotopic (exact) mass is 158 g/mol. The van der Waals surface area contributed by atoms with E-state index in [4.69, 9.17) is 10.8 Å². The summed E-state index contributed by atoms with van der Waals surface area (Å²) in [5.74, 6) is 0. The van der Waals surface area contributed by atoms with Crippen molar-refractivity contribution in [1.82, 2.24) is 4.98 Å². The molecule has 10 heavy (non-hydrogen) atoms. The van der Waals surface area contributed by atoms with Crippen LogP contribution in [0.4, 0.5) is 0 Å². The number of hydrogen-bond donors (Lipinski definition) is 2. The first-order valence-corrected chi connectivity index (χ1v) is 3.90. The van der Waals surface area contributed by atoms with Gasteiger partial charge in [-0.05, 0) is 6.92 Å². The Morgan fingerprint density at radius 1 is 1.90 bits per heavy atom. The van der Waals surface area contributed by atoms with Crippen LogP contribution in [0.1, 0.15) is 16.7 Å². The molecule has 0 bridgehead atoms. The van der Waals surface area contributed by atoms with E-state index >= 15 is 0 Å². The maximum atomic E-state index is 8.64. The minimum Gasteiger partial charge on any atom is -0.394 e. The molecule has 0 saturated carbocycles. The fourth-order valence-electron chi connectivity index (χ4n) is 0.644. The molecule has 1 heterocycles. The van der Waals surface area contributed by atoms with Gasteiger partial charge in [0, 0.05) is 5.38 Å². The minimum atomic E-state index is -0.315. The first-order chi connectivity index (χ1) is 4.74. The van der Waals surface area contributed by atoms with E-state index in [0.717, 1.165) is 10.7 Å². The SMILES string of the molecule is Cc1nc([C@@H](N)CO)cs1. The third kappa shape index (κ3) is 1.53. The van der Waals surface area contributed by atoms with Gasteiger partial charge < -0.3 is 10.8 Å². The fraction of sp³-hybridized carbons (Fsp3) is 0.500. The lowest BCUT2D eigenvalue weighted by molar-refractivity contribution is 0.266. The third-order valence-electron chi connectivity index (χ3n) is 1.21. The van der Waals surface area contributed by atoms with E-state index in [1.54, 1.807) is 11.3 Å². The first-order valence-electron chi connectivity index (χ1n) is 3.02. The standard InChI is InChI=1S/C6H10N2OS/c1-4-8-6(3-10-4)5(7)2-9/h3,5,9H,2,7H2,1H3/t5-/m0/s1. The molecular weight excluding hydrogens is 148 g/mol. The molecule has 1 aromatic rings. The van der Waals surface area contributed by atoms with Gasteiger partial charge in [-0.25, -0.2) is 4.98 Å². The van der Waals surface area contributed by atoms with Crippen LogP contribution in [0.3, 0.4) is 0 Å². The summed E-state index contributed by atoms with van der Waals surface area (Å²) in [6.07, 6.45) is 0. The second kappa shape index (κ2) is 3.09. The van der Waals surface area contributed by atoms with E-state index < -0.39 is 0 Å². The van der Waals surface area contributed by atoms with Crippen LogP contribution in [-0.2, 0) is 0 Å². The molecule has 0 unspecified atom stereocenters. The van der Waals surface area contributed by atoms with E-state index in [9.17, 15) is 0 Å². The van der Waals surface area contributed by atoms with Crippen molar-refractivity contribution in [2.75, 3.05) is 6.61 Å². The highest BCUT2D eigenvalue weighted by Crippen LogP contribution is 2.13. The lowest BCUT2D eigenvalue weighted by atomic mass is 10.3. The molecular formula is C6H10N2OS.